The number of hydrogen-bond acceptors (Lipinski definition) is 6. The van der Waals surface area contributed by atoms with Gasteiger partial charge in [-0.15, -0.1) is 11.3 Å². The first-order valence-corrected chi connectivity index (χ1v) is 8.46. The van der Waals surface area contributed by atoms with E-state index < -0.39 is 5.97 Å². The van der Waals surface area contributed by atoms with E-state index in [9.17, 15) is 9.90 Å². The first-order chi connectivity index (χ1) is 12.2. The predicted molar refractivity (Wildman–Crippen MR) is 96.9 cm³/mol. The third kappa shape index (κ3) is 2.95. The number of aromatic nitrogens is 2. The molecule has 0 aliphatic carbocycles. The molecular weight excluding hydrogens is 334 g/mol. The van der Waals surface area contributed by atoms with Gasteiger partial charge >= 0.3 is 0 Å². The molecule has 0 amide bonds. The molecular formula is C19H12N3O2S-. The van der Waals surface area contributed by atoms with Crippen LogP contribution in [-0.2, 0) is 0 Å². The van der Waals surface area contributed by atoms with E-state index in [2.05, 4.69) is 20.7 Å². The first-order valence-electron chi connectivity index (χ1n) is 7.58. The van der Waals surface area contributed by atoms with Crippen LogP contribution < -0.4 is 10.4 Å². The summed E-state index contributed by atoms with van der Waals surface area (Å²) in [6.07, 6.45) is 1.50. The molecule has 0 bridgehead atoms. The first kappa shape index (κ1) is 15.3. The molecule has 0 aliphatic rings. The highest BCUT2D eigenvalue weighted by molar-refractivity contribution is 7.17. The van der Waals surface area contributed by atoms with Gasteiger partial charge < -0.3 is 15.2 Å². The summed E-state index contributed by atoms with van der Waals surface area (Å²) < 4.78 is 0. The molecule has 0 saturated heterocycles. The third-order valence-electron chi connectivity index (χ3n) is 3.82. The highest BCUT2D eigenvalue weighted by Crippen LogP contribution is 2.37. The van der Waals surface area contributed by atoms with Gasteiger partial charge in [-0.3, -0.25) is 0 Å². The zero-order valence-corrected chi connectivity index (χ0v) is 13.8. The Morgan fingerprint density at radius 2 is 1.88 bits per heavy atom. The van der Waals surface area contributed by atoms with Gasteiger partial charge in [-0.2, -0.15) is 0 Å². The van der Waals surface area contributed by atoms with Crippen LogP contribution in [0, 0.1) is 0 Å². The highest BCUT2D eigenvalue weighted by Gasteiger charge is 2.13. The molecule has 6 heteroatoms. The van der Waals surface area contributed by atoms with Crippen molar-refractivity contribution in [2.75, 3.05) is 5.32 Å². The lowest BCUT2D eigenvalue weighted by Crippen LogP contribution is -2.22. The monoisotopic (exact) mass is 346 g/mol. The molecule has 2 heterocycles. The molecule has 0 atom stereocenters. The van der Waals surface area contributed by atoms with Gasteiger partial charge in [-0.25, -0.2) is 9.97 Å². The van der Waals surface area contributed by atoms with Crippen LogP contribution in [0.25, 0.3) is 21.3 Å². The van der Waals surface area contributed by atoms with E-state index in [0.29, 0.717) is 11.5 Å². The van der Waals surface area contributed by atoms with Crippen LogP contribution in [-0.4, -0.2) is 15.9 Å². The summed E-state index contributed by atoms with van der Waals surface area (Å²) in [4.78, 5) is 20.6. The van der Waals surface area contributed by atoms with Crippen molar-refractivity contribution in [1.82, 2.24) is 9.97 Å². The number of anilines is 2. The second-order valence-electron chi connectivity index (χ2n) is 5.41. The second-order valence-corrected chi connectivity index (χ2v) is 6.27. The molecule has 122 valence electrons. The van der Waals surface area contributed by atoms with Gasteiger partial charge in [0.2, 0.25) is 0 Å². The van der Waals surface area contributed by atoms with E-state index in [1.165, 1.54) is 18.5 Å². The average Bonchev–Trinajstić information content (AvgIpc) is 3.08. The number of carboxylic acid groups (broad SMARTS) is 1. The van der Waals surface area contributed by atoms with Crippen LogP contribution in [0.2, 0.25) is 0 Å². The molecule has 2 aromatic heterocycles. The molecule has 0 fully saturated rings. The zero-order chi connectivity index (χ0) is 17.2. The maximum Gasteiger partial charge on any atom is 0.143 e. The smallest absolute Gasteiger partial charge is 0.143 e. The number of carbonyl (C=O) groups excluding carboxylic acids is 1. The van der Waals surface area contributed by atoms with E-state index in [1.54, 1.807) is 23.5 Å². The molecule has 0 spiro atoms. The summed E-state index contributed by atoms with van der Waals surface area (Å²) in [6, 6.07) is 16.5. The number of fused-ring (bicyclic) bond motifs is 1. The van der Waals surface area contributed by atoms with Gasteiger partial charge in [0, 0.05) is 16.6 Å². The molecule has 0 saturated carbocycles. The van der Waals surface area contributed by atoms with Crippen molar-refractivity contribution < 1.29 is 9.90 Å². The van der Waals surface area contributed by atoms with E-state index in [-0.39, 0.29) is 5.56 Å². The Kier molecular flexibility index (Phi) is 3.87. The Hall–Kier alpha value is -3.25. The topological polar surface area (TPSA) is 77.9 Å². The molecule has 4 aromatic rings. The molecule has 0 radical (unpaired) electrons. The Morgan fingerprint density at radius 3 is 2.68 bits per heavy atom. The number of thiophene rings is 1. The Morgan fingerprint density at radius 1 is 1.04 bits per heavy atom. The van der Waals surface area contributed by atoms with Gasteiger partial charge in [0.25, 0.3) is 0 Å². The number of hydrogen-bond donors (Lipinski definition) is 1. The van der Waals surface area contributed by atoms with E-state index in [0.717, 1.165) is 21.3 Å². The van der Waals surface area contributed by atoms with Crippen LogP contribution in [0.4, 0.5) is 11.5 Å². The standard InChI is InChI=1S/C19H13N3O2S/c23-19(24)13-7-4-8-14(9-13)22-17-16-15(12-5-2-1-3-6-12)10-25-18(16)21-11-20-17/h1-11H,(H,23,24)(H,20,21,22)/p-1. The van der Waals surface area contributed by atoms with Gasteiger partial charge in [0.05, 0.1) is 11.4 Å². The molecule has 5 nitrogen and oxygen atoms in total. The second kappa shape index (κ2) is 6.33. The SMILES string of the molecule is O=C([O-])c1cccc(Nc2ncnc3scc(-c4ccccc4)c23)c1. The minimum Gasteiger partial charge on any atom is -0.545 e. The normalized spacial score (nSPS) is 10.7. The summed E-state index contributed by atoms with van der Waals surface area (Å²) >= 11 is 1.55. The van der Waals surface area contributed by atoms with Crippen LogP contribution in [0.1, 0.15) is 10.4 Å². The maximum atomic E-state index is 11.1. The number of carboxylic acids is 1. The highest BCUT2D eigenvalue weighted by atomic mass is 32.1. The van der Waals surface area contributed by atoms with Crippen LogP contribution >= 0.6 is 11.3 Å². The number of carbonyl (C=O) groups is 1. The minimum absolute atomic E-state index is 0.115. The Labute approximate surface area is 147 Å². The van der Waals surface area contributed by atoms with Crippen LogP contribution in [0.5, 0.6) is 0 Å². The number of rotatable bonds is 4. The summed E-state index contributed by atoms with van der Waals surface area (Å²) in [5, 5.41) is 17.2. The lowest BCUT2D eigenvalue weighted by molar-refractivity contribution is -0.255. The zero-order valence-electron chi connectivity index (χ0n) is 13.0. The molecule has 4 rings (SSSR count). The van der Waals surface area contributed by atoms with Gasteiger partial charge in [0.1, 0.15) is 17.0 Å². The van der Waals surface area contributed by atoms with Gasteiger partial charge in [0.15, 0.2) is 0 Å². The number of nitrogens with one attached hydrogen (secondary N) is 1. The largest absolute Gasteiger partial charge is 0.545 e. The van der Waals surface area contributed by atoms with Gasteiger partial charge in [-0.1, -0.05) is 42.5 Å². The molecule has 2 aromatic carbocycles. The molecule has 0 aliphatic heterocycles. The Balaban J connectivity index is 1.81. The molecule has 25 heavy (non-hydrogen) atoms. The quantitative estimate of drug-likeness (QED) is 0.612. The van der Waals surface area contributed by atoms with Crippen molar-refractivity contribution >= 4 is 39.0 Å². The fraction of sp³-hybridized carbons (Fsp3) is 0. The molecule has 0 unspecified atom stereocenters. The third-order valence-corrected chi connectivity index (χ3v) is 4.70. The van der Waals surface area contributed by atoms with Crippen LogP contribution in [0.15, 0.2) is 66.3 Å². The van der Waals surface area contributed by atoms with Crippen molar-refractivity contribution in [3.63, 3.8) is 0 Å². The van der Waals surface area contributed by atoms with Crippen LogP contribution in [0.3, 0.4) is 0 Å². The molecule has 1 N–H and O–H groups in total. The Bertz CT molecular complexity index is 1060. The van der Waals surface area contributed by atoms with Crippen molar-refractivity contribution in [1.29, 1.82) is 0 Å². The van der Waals surface area contributed by atoms with Gasteiger partial charge in [-0.05, 0) is 23.3 Å². The van der Waals surface area contributed by atoms with E-state index in [1.807, 2.05) is 30.3 Å². The summed E-state index contributed by atoms with van der Waals surface area (Å²) in [5.74, 6) is -0.572. The number of benzene rings is 2. The summed E-state index contributed by atoms with van der Waals surface area (Å²) in [5.41, 5.74) is 2.87. The number of aromatic carboxylic acids is 1. The number of nitrogens with zero attached hydrogens (tertiary/aromatic N) is 2. The van der Waals surface area contributed by atoms with E-state index >= 15 is 0 Å². The lowest BCUT2D eigenvalue weighted by atomic mass is 10.1. The fourth-order valence-electron chi connectivity index (χ4n) is 2.66. The van der Waals surface area contributed by atoms with Crippen molar-refractivity contribution in [3.05, 3.63) is 71.9 Å². The fourth-order valence-corrected chi connectivity index (χ4v) is 3.58. The van der Waals surface area contributed by atoms with E-state index in [4.69, 9.17) is 0 Å². The summed E-state index contributed by atoms with van der Waals surface area (Å²) in [7, 11) is 0. The maximum absolute atomic E-state index is 11.1. The summed E-state index contributed by atoms with van der Waals surface area (Å²) in [6.45, 7) is 0. The minimum atomic E-state index is -1.21. The predicted octanol–water partition coefficient (Wildman–Crippen LogP) is 3.47. The van der Waals surface area contributed by atoms with Crippen molar-refractivity contribution in [2.45, 2.75) is 0 Å². The average molecular weight is 346 g/mol. The van der Waals surface area contributed by atoms with Crippen molar-refractivity contribution in [3.8, 4) is 11.1 Å². The van der Waals surface area contributed by atoms with Crippen molar-refractivity contribution in [2.24, 2.45) is 0 Å². The lowest BCUT2D eigenvalue weighted by Gasteiger charge is -2.10.